The van der Waals surface area contributed by atoms with Gasteiger partial charge in [0.1, 0.15) is 0 Å². The van der Waals surface area contributed by atoms with Crippen LogP contribution in [-0.4, -0.2) is 40.7 Å². The molecule has 1 heterocycles. The summed E-state index contributed by atoms with van der Waals surface area (Å²) in [6, 6.07) is -1.11. The van der Waals surface area contributed by atoms with Crippen LogP contribution in [0, 0.1) is 5.92 Å². The maximum atomic E-state index is 11.9. The Morgan fingerprint density at radius 1 is 1.65 bits per heavy atom. The van der Waals surface area contributed by atoms with Crippen molar-refractivity contribution in [3.05, 3.63) is 0 Å². The zero-order valence-electron chi connectivity index (χ0n) is 10.4. The summed E-state index contributed by atoms with van der Waals surface area (Å²) < 4.78 is 0. The monoisotopic (exact) mass is 245 g/mol. The number of amides is 1. The molecule has 3 atom stereocenters. The normalized spacial score (nSPS) is 24.4. The molecule has 0 aromatic rings. The number of hydrogen-bond acceptors (Lipinski definition) is 5. The van der Waals surface area contributed by atoms with Gasteiger partial charge in [0.15, 0.2) is 0 Å². The Hall–Kier alpha value is -0.690. The van der Waals surface area contributed by atoms with Crippen molar-refractivity contribution in [1.82, 2.24) is 10.6 Å². The van der Waals surface area contributed by atoms with E-state index in [2.05, 4.69) is 10.6 Å². The Morgan fingerprint density at radius 3 is 2.71 bits per heavy atom. The molecule has 1 aliphatic heterocycles. The predicted octanol–water partition coefficient (Wildman–Crippen LogP) is -1.13. The van der Waals surface area contributed by atoms with Gasteiger partial charge in [-0.15, -0.1) is 0 Å². The third-order valence-corrected chi connectivity index (χ3v) is 3.35. The average Bonchev–Trinajstić information content (AvgIpc) is 2.76. The molecule has 1 saturated heterocycles. The van der Waals surface area contributed by atoms with Crippen LogP contribution in [0.15, 0.2) is 0 Å². The van der Waals surface area contributed by atoms with E-state index >= 15 is 0 Å². The molecule has 100 valence electrons. The first-order valence-electron chi connectivity index (χ1n) is 6.13. The van der Waals surface area contributed by atoms with Crippen LogP contribution in [0.3, 0.4) is 0 Å². The highest BCUT2D eigenvalue weighted by molar-refractivity contribution is 5.82. The largest absolute Gasteiger partial charge is 0.352 e. The van der Waals surface area contributed by atoms with Gasteiger partial charge in [-0.3, -0.25) is 10.5 Å². The zero-order chi connectivity index (χ0) is 13.1. The fourth-order valence-corrected chi connectivity index (χ4v) is 2.07. The minimum atomic E-state index is -2.39. The molecule has 6 N–H and O–H groups in total. The molecular formula is C11H23N3O3. The lowest BCUT2D eigenvalue weighted by Gasteiger charge is -2.33. The van der Waals surface area contributed by atoms with E-state index in [9.17, 15) is 15.0 Å². The third-order valence-electron chi connectivity index (χ3n) is 3.35. The first-order chi connectivity index (χ1) is 7.86. The summed E-state index contributed by atoms with van der Waals surface area (Å²) >= 11 is 0. The van der Waals surface area contributed by atoms with Crippen molar-refractivity contribution in [2.24, 2.45) is 11.7 Å². The van der Waals surface area contributed by atoms with E-state index in [0.717, 1.165) is 19.4 Å². The van der Waals surface area contributed by atoms with Crippen molar-refractivity contribution in [3.63, 3.8) is 0 Å². The minimum absolute atomic E-state index is 0.111. The molecule has 0 aliphatic carbocycles. The van der Waals surface area contributed by atoms with Crippen molar-refractivity contribution in [2.45, 2.75) is 51.1 Å². The molecule has 0 aromatic heterocycles. The molecule has 0 unspecified atom stereocenters. The first kappa shape index (κ1) is 14.4. The lowest BCUT2D eigenvalue weighted by atomic mass is 9.95. The number of aliphatic hydroxyl groups is 2. The minimum Gasteiger partial charge on any atom is -0.352 e. The summed E-state index contributed by atoms with van der Waals surface area (Å²) in [5, 5.41) is 24.6. The predicted molar refractivity (Wildman–Crippen MR) is 63.8 cm³/mol. The second-order valence-electron chi connectivity index (χ2n) is 4.80. The van der Waals surface area contributed by atoms with Gasteiger partial charge < -0.3 is 20.8 Å². The standard InChI is InChI=1S/C11H23N3O3/c1-3-7(2)9(11(12,16)17)14-10(15)8-5-4-6-13-8/h7-9,13,16-17H,3-6,12H2,1-2H3,(H,14,15)/t7-,8-,9-/m0/s1. The lowest BCUT2D eigenvalue weighted by molar-refractivity contribution is -0.190. The molecule has 17 heavy (non-hydrogen) atoms. The molecule has 0 saturated carbocycles. The van der Waals surface area contributed by atoms with Gasteiger partial charge in [0, 0.05) is 0 Å². The van der Waals surface area contributed by atoms with E-state index < -0.39 is 12.0 Å². The SMILES string of the molecule is CC[C@H](C)[C@H](NC(=O)[C@@H]1CCCN1)C(N)(O)O. The van der Waals surface area contributed by atoms with Gasteiger partial charge in [-0.05, 0) is 25.3 Å². The van der Waals surface area contributed by atoms with Gasteiger partial charge in [-0.1, -0.05) is 20.3 Å². The van der Waals surface area contributed by atoms with E-state index in [1.54, 1.807) is 0 Å². The third kappa shape index (κ3) is 3.92. The smallest absolute Gasteiger partial charge is 0.241 e. The van der Waals surface area contributed by atoms with Gasteiger partial charge in [0.2, 0.25) is 11.8 Å². The Bertz CT molecular complexity index is 259. The topological polar surface area (TPSA) is 108 Å². The zero-order valence-corrected chi connectivity index (χ0v) is 10.4. The van der Waals surface area contributed by atoms with Crippen LogP contribution < -0.4 is 16.4 Å². The van der Waals surface area contributed by atoms with Gasteiger partial charge >= 0.3 is 0 Å². The highest BCUT2D eigenvalue weighted by Crippen LogP contribution is 2.15. The first-order valence-corrected chi connectivity index (χ1v) is 6.13. The maximum Gasteiger partial charge on any atom is 0.241 e. The average molecular weight is 245 g/mol. The van der Waals surface area contributed by atoms with Crippen LogP contribution in [0.4, 0.5) is 0 Å². The molecular weight excluding hydrogens is 222 g/mol. The summed E-state index contributed by atoms with van der Waals surface area (Å²) in [5.41, 5.74) is 5.28. The lowest BCUT2D eigenvalue weighted by Crippen LogP contribution is -2.63. The molecule has 0 radical (unpaired) electrons. The Balaban J connectivity index is 2.62. The summed E-state index contributed by atoms with van der Waals surface area (Å²) in [6.07, 6.45) is 2.43. The van der Waals surface area contributed by atoms with E-state index in [1.807, 2.05) is 13.8 Å². The fourth-order valence-electron chi connectivity index (χ4n) is 2.07. The van der Waals surface area contributed by atoms with Crippen molar-refractivity contribution in [2.75, 3.05) is 6.54 Å². The van der Waals surface area contributed by atoms with Crippen LogP contribution >= 0.6 is 0 Å². The maximum absolute atomic E-state index is 11.9. The number of hydrogen-bond donors (Lipinski definition) is 5. The Kier molecular flexibility index (Phi) is 4.88. The van der Waals surface area contributed by atoms with Crippen LogP contribution in [0.5, 0.6) is 0 Å². The molecule has 1 rings (SSSR count). The van der Waals surface area contributed by atoms with Crippen LogP contribution in [0.1, 0.15) is 33.1 Å². The van der Waals surface area contributed by atoms with Crippen LogP contribution in [-0.2, 0) is 4.79 Å². The number of rotatable bonds is 5. The molecule has 6 heteroatoms. The van der Waals surface area contributed by atoms with Gasteiger partial charge in [0.25, 0.3) is 0 Å². The van der Waals surface area contributed by atoms with E-state index in [4.69, 9.17) is 5.73 Å². The van der Waals surface area contributed by atoms with Crippen molar-refractivity contribution in [1.29, 1.82) is 0 Å². The fraction of sp³-hybridized carbons (Fsp3) is 0.909. The van der Waals surface area contributed by atoms with Gasteiger partial charge in [-0.25, -0.2) is 0 Å². The summed E-state index contributed by atoms with van der Waals surface area (Å²) in [4.78, 5) is 11.9. The number of nitrogens with one attached hydrogen (secondary N) is 2. The number of carbonyl (C=O) groups is 1. The molecule has 1 amide bonds. The van der Waals surface area contributed by atoms with E-state index in [-0.39, 0.29) is 17.9 Å². The molecule has 0 aromatic carbocycles. The molecule has 6 nitrogen and oxygen atoms in total. The van der Waals surface area contributed by atoms with Crippen LogP contribution in [0.25, 0.3) is 0 Å². The molecule has 0 bridgehead atoms. The van der Waals surface area contributed by atoms with Gasteiger partial charge in [0.05, 0.1) is 12.1 Å². The van der Waals surface area contributed by atoms with Crippen molar-refractivity contribution < 1.29 is 15.0 Å². The summed E-state index contributed by atoms with van der Waals surface area (Å²) in [7, 11) is 0. The molecule has 1 fully saturated rings. The molecule has 0 spiro atoms. The van der Waals surface area contributed by atoms with Crippen LogP contribution in [0.2, 0.25) is 0 Å². The second-order valence-corrected chi connectivity index (χ2v) is 4.80. The highest BCUT2D eigenvalue weighted by Gasteiger charge is 2.37. The Labute approximate surface area is 102 Å². The Morgan fingerprint density at radius 2 is 2.29 bits per heavy atom. The summed E-state index contributed by atoms with van der Waals surface area (Å²) in [5.74, 6) is -2.71. The van der Waals surface area contributed by atoms with Gasteiger partial charge in [-0.2, -0.15) is 0 Å². The molecule has 1 aliphatic rings. The number of carbonyl (C=O) groups excluding carboxylic acids is 1. The highest BCUT2D eigenvalue weighted by atomic mass is 16.5. The summed E-state index contributed by atoms with van der Waals surface area (Å²) in [6.45, 7) is 4.54. The number of nitrogens with two attached hydrogens (primary N) is 1. The quantitative estimate of drug-likeness (QED) is 0.394. The van der Waals surface area contributed by atoms with E-state index in [1.165, 1.54) is 0 Å². The van der Waals surface area contributed by atoms with Crippen molar-refractivity contribution in [3.8, 4) is 0 Å². The van der Waals surface area contributed by atoms with E-state index in [0.29, 0.717) is 6.42 Å². The van der Waals surface area contributed by atoms with Crippen molar-refractivity contribution >= 4 is 5.91 Å². The second kappa shape index (κ2) is 5.77.